The Bertz CT molecular complexity index is 451. The molecule has 1 aliphatic rings. The maximum atomic E-state index is 8.60. The first kappa shape index (κ1) is 13.9. The molecule has 4 nitrogen and oxygen atoms in total. The second-order valence-electron chi connectivity index (χ2n) is 6.17. The number of rotatable bonds is 4. The van der Waals surface area contributed by atoms with E-state index in [0.29, 0.717) is 11.5 Å². The van der Waals surface area contributed by atoms with Gasteiger partial charge in [-0.05, 0) is 30.2 Å². The predicted molar refractivity (Wildman–Crippen MR) is 77.2 cm³/mol. The molecule has 1 aliphatic carbocycles. The van der Waals surface area contributed by atoms with Crippen LogP contribution in [0.3, 0.4) is 0 Å². The highest BCUT2D eigenvalue weighted by molar-refractivity contribution is 5.96. The first-order valence-corrected chi connectivity index (χ1v) is 6.80. The monoisotopic (exact) mass is 261 g/mol. The van der Waals surface area contributed by atoms with Crippen LogP contribution in [-0.2, 0) is 6.54 Å². The molecular weight excluding hydrogens is 238 g/mol. The zero-order chi connectivity index (χ0) is 13.9. The lowest BCUT2D eigenvalue weighted by atomic mass is 9.92. The number of oxime groups is 1. The smallest absolute Gasteiger partial charge is 0.170 e. The van der Waals surface area contributed by atoms with Gasteiger partial charge in [0, 0.05) is 18.2 Å². The summed E-state index contributed by atoms with van der Waals surface area (Å²) < 4.78 is 0. The van der Waals surface area contributed by atoms with Crippen molar-refractivity contribution < 1.29 is 5.21 Å². The molecule has 0 saturated heterocycles. The Balaban J connectivity index is 1.87. The summed E-state index contributed by atoms with van der Waals surface area (Å²) >= 11 is 0. The topological polar surface area (TPSA) is 70.6 Å². The molecule has 0 spiro atoms. The third-order valence-corrected chi connectivity index (χ3v) is 3.92. The first-order valence-electron chi connectivity index (χ1n) is 6.80. The largest absolute Gasteiger partial charge is 0.409 e. The van der Waals surface area contributed by atoms with Crippen molar-refractivity contribution >= 4 is 5.84 Å². The Morgan fingerprint density at radius 3 is 2.63 bits per heavy atom. The van der Waals surface area contributed by atoms with Gasteiger partial charge < -0.3 is 16.3 Å². The molecule has 2 rings (SSSR count). The van der Waals surface area contributed by atoms with Gasteiger partial charge in [0.1, 0.15) is 0 Å². The van der Waals surface area contributed by atoms with Crippen LogP contribution in [0.4, 0.5) is 0 Å². The van der Waals surface area contributed by atoms with Gasteiger partial charge in [-0.2, -0.15) is 0 Å². The molecule has 1 aromatic rings. The van der Waals surface area contributed by atoms with Crippen molar-refractivity contribution in [2.75, 3.05) is 0 Å². The fourth-order valence-corrected chi connectivity index (χ4v) is 2.72. The van der Waals surface area contributed by atoms with Crippen molar-refractivity contribution in [3.63, 3.8) is 0 Å². The molecule has 0 radical (unpaired) electrons. The second-order valence-corrected chi connectivity index (χ2v) is 6.17. The lowest BCUT2D eigenvalue weighted by molar-refractivity contribution is 0.318. The average molecular weight is 261 g/mol. The van der Waals surface area contributed by atoms with Crippen LogP contribution >= 0.6 is 0 Å². The van der Waals surface area contributed by atoms with Gasteiger partial charge in [0.15, 0.2) is 5.84 Å². The fourth-order valence-electron chi connectivity index (χ4n) is 2.72. The molecule has 0 bridgehead atoms. The van der Waals surface area contributed by atoms with Crippen molar-refractivity contribution in [3.8, 4) is 0 Å². The Hall–Kier alpha value is -1.55. The quantitative estimate of drug-likeness (QED) is 0.337. The molecule has 1 aromatic carbocycles. The molecule has 4 N–H and O–H groups in total. The third kappa shape index (κ3) is 3.70. The minimum Gasteiger partial charge on any atom is -0.409 e. The first-order chi connectivity index (χ1) is 9.00. The summed E-state index contributed by atoms with van der Waals surface area (Å²) in [5.74, 6) is 0.150. The van der Waals surface area contributed by atoms with Gasteiger partial charge in [0.25, 0.3) is 0 Å². The third-order valence-electron chi connectivity index (χ3n) is 3.92. The molecule has 0 heterocycles. The molecule has 1 atom stereocenters. The zero-order valence-corrected chi connectivity index (χ0v) is 11.7. The molecule has 1 fully saturated rings. The minimum absolute atomic E-state index is 0.150. The molecule has 0 amide bonds. The molecule has 1 unspecified atom stereocenters. The van der Waals surface area contributed by atoms with Crippen molar-refractivity contribution in [3.05, 3.63) is 35.4 Å². The minimum atomic E-state index is 0.150. The van der Waals surface area contributed by atoms with E-state index >= 15 is 0 Å². The summed E-state index contributed by atoms with van der Waals surface area (Å²) in [6.45, 7) is 5.54. The number of hydrogen-bond donors (Lipinski definition) is 3. The maximum absolute atomic E-state index is 8.60. The molecule has 19 heavy (non-hydrogen) atoms. The van der Waals surface area contributed by atoms with E-state index in [9.17, 15) is 0 Å². The van der Waals surface area contributed by atoms with Gasteiger partial charge in [-0.3, -0.25) is 0 Å². The molecule has 1 saturated carbocycles. The van der Waals surface area contributed by atoms with Crippen LogP contribution in [0.1, 0.15) is 44.2 Å². The second kappa shape index (κ2) is 5.61. The van der Waals surface area contributed by atoms with Crippen molar-refractivity contribution in [1.82, 2.24) is 5.32 Å². The molecule has 104 valence electrons. The van der Waals surface area contributed by atoms with E-state index < -0.39 is 0 Å². The Morgan fingerprint density at radius 2 is 2.11 bits per heavy atom. The summed E-state index contributed by atoms with van der Waals surface area (Å²) in [5, 5.41) is 15.2. The van der Waals surface area contributed by atoms with Crippen molar-refractivity contribution in [2.45, 2.75) is 45.7 Å². The van der Waals surface area contributed by atoms with E-state index in [-0.39, 0.29) is 5.84 Å². The fraction of sp³-hybridized carbons (Fsp3) is 0.533. The van der Waals surface area contributed by atoms with Crippen LogP contribution in [-0.4, -0.2) is 17.1 Å². The highest BCUT2D eigenvalue weighted by atomic mass is 16.4. The normalized spacial score (nSPS) is 22.6. The molecule has 4 heteroatoms. The van der Waals surface area contributed by atoms with Gasteiger partial charge in [-0.15, -0.1) is 0 Å². The van der Waals surface area contributed by atoms with Crippen LogP contribution < -0.4 is 11.1 Å². The summed E-state index contributed by atoms with van der Waals surface area (Å²) in [6.07, 6.45) is 3.80. The van der Waals surface area contributed by atoms with Crippen LogP contribution in [0.2, 0.25) is 0 Å². The predicted octanol–water partition coefficient (Wildman–Crippen LogP) is 2.45. The Labute approximate surface area is 114 Å². The van der Waals surface area contributed by atoms with Crippen LogP contribution in [0.25, 0.3) is 0 Å². The van der Waals surface area contributed by atoms with Crippen LogP contribution in [0.5, 0.6) is 0 Å². The van der Waals surface area contributed by atoms with Gasteiger partial charge in [0.2, 0.25) is 0 Å². The summed E-state index contributed by atoms with van der Waals surface area (Å²) in [4.78, 5) is 0. The highest BCUT2D eigenvalue weighted by Gasteiger charge is 2.30. The van der Waals surface area contributed by atoms with Crippen LogP contribution in [0.15, 0.2) is 29.4 Å². The molecule has 0 aromatic heterocycles. The Morgan fingerprint density at radius 1 is 1.42 bits per heavy atom. The maximum Gasteiger partial charge on any atom is 0.170 e. The number of nitrogens with one attached hydrogen (secondary N) is 1. The lowest BCUT2D eigenvalue weighted by Gasteiger charge is -2.18. The number of benzene rings is 1. The SMILES string of the molecule is CC1(C)CCC(NCc2ccc(/C(N)=N/O)cc2)C1. The highest BCUT2D eigenvalue weighted by Crippen LogP contribution is 2.36. The van der Waals surface area contributed by atoms with E-state index in [1.807, 2.05) is 24.3 Å². The van der Waals surface area contributed by atoms with E-state index in [1.165, 1.54) is 24.8 Å². The van der Waals surface area contributed by atoms with Gasteiger partial charge in [0.05, 0.1) is 0 Å². The number of nitrogens with zero attached hydrogens (tertiary/aromatic N) is 1. The molecular formula is C15H23N3O. The standard InChI is InChI=1S/C15H23N3O/c1-15(2)8-7-13(9-15)17-10-11-3-5-12(6-4-11)14(16)18-19/h3-6,13,17,19H,7-10H2,1-2H3,(H2,16,18). The zero-order valence-electron chi connectivity index (χ0n) is 11.7. The van der Waals surface area contributed by atoms with Gasteiger partial charge >= 0.3 is 0 Å². The number of nitrogens with two attached hydrogens (primary N) is 1. The summed E-state index contributed by atoms with van der Waals surface area (Å²) in [6, 6.07) is 8.41. The van der Waals surface area contributed by atoms with E-state index in [0.717, 1.165) is 12.1 Å². The van der Waals surface area contributed by atoms with E-state index in [4.69, 9.17) is 10.9 Å². The number of amidine groups is 1. The molecule has 0 aliphatic heterocycles. The number of hydrogen-bond acceptors (Lipinski definition) is 3. The summed E-state index contributed by atoms with van der Waals surface area (Å²) in [5.41, 5.74) is 7.98. The van der Waals surface area contributed by atoms with Crippen LogP contribution in [0, 0.1) is 5.41 Å². The Kier molecular flexibility index (Phi) is 4.10. The van der Waals surface area contributed by atoms with Gasteiger partial charge in [-0.25, -0.2) is 0 Å². The van der Waals surface area contributed by atoms with Gasteiger partial charge in [-0.1, -0.05) is 43.3 Å². The van der Waals surface area contributed by atoms with E-state index in [1.54, 1.807) is 0 Å². The van der Waals surface area contributed by atoms with E-state index in [2.05, 4.69) is 24.3 Å². The summed E-state index contributed by atoms with van der Waals surface area (Å²) in [7, 11) is 0. The van der Waals surface area contributed by atoms with Crippen molar-refractivity contribution in [2.24, 2.45) is 16.3 Å². The lowest BCUT2D eigenvalue weighted by Crippen LogP contribution is -2.26. The average Bonchev–Trinajstić information content (AvgIpc) is 2.76. The van der Waals surface area contributed by atoms with Crippen molar-refractivity contribution in [1.29, 1.82) is 0 Å².